The summed E-state index contributed by atoms with van der Waals surface area (Å²) in [5.41, 5.74) is 1.15. The van der Waals surface area contributed by atoms with E-state index in [1.165, 1.54) is 19.2 Å². The number of nitrogens with zero attached hydrogens (tertiary/aromatic N) is 2. The first kappa shape index (κ1) is 13.5. The average molecular weight is 290 g/mol. The topological polar surface area (TPSA) is 62.8 Å². The standard InChI is InChI=1S/C14H18N4OS/c1-2-11(9-19-7-1)8-15-12-3-5-13(6-4-12)20-14-16-10-17-18-14/h3-6,10-11,15H,1-2,7-9H2,(H,16,17,18). The van der Waals surface area contributed by atoms with Gasteiger partial charge in [-0.2, -0.15) is 5.10 Å². The van der Waals surface area contributed by atoms with Crippen molar-refractivity contribution in [2.45, 2.75) is 22.9 Å². The molecule has 20 heavy (non-hydrogen) atoms. The second-order valence-electron chi connectivity index (χ2n) is 4.88. The van der Waals surface area contributed by atoms with Crippen molar-refractivity contribution in [2.24, 2.45) is 5.92 Å². The molecule has 1 fully saturated rings. The molecule has 106 valence electrons. The molecule has 1 saturated heterocycles. The van der Waals surface area contributed by atoms with Gasteiger partial charge in [0.1, 0.15) is 6.33 Å². The molecule has 0 amide bonds. The molecule has 3 rings (SSSR count). The van der Waals surface area contributed by atoms with Crippen LogP contribution in [-0.4, -0.2) is 34.9 Å². The quantitative estimate of drug-likeness (QED) is 0.886. The lowest BCUT2D eigenvalue weighted by molar-refractivity contribution is 0.0595. The number of benzene rings is 1. The highest BCUT2D eigenvalue weighted by Crippen LogP contribution is 2.25. The lowest BCUT2D eigenvalue weighted by Gasteiger charge is -2.22. The Labute approximate surface area is 122 Å². The number of aromatic nitrogens is 3. The van der Waals surface area contributed by atoms with Crippen LogP contribution in [0.4, 0.5) is 5.69 Å². The molecular weight excluding hydrogens is 272 g/mol. The van der Waals surface area contributed by atoms with Crippen molar-refractivity contribution < 1.29 is 4.74 Å². The van der Waals surface area contributed by atoms with Gasteiger partial charge in [-0.1, -0.05) is 11.8 Å². The molecule has 0 saturated carbocycles. The van der Waals surface area contributed by atoms with Crippen LogP contribution >= 0.6 is 11.8 Å². The number of hydrogen-bond acceptors (Lipinski definition) is 5. The van der Waals surface area contributed by atoms with Crippen LogP contribution in [0.1, 0.15) is 12.8 Å². The molecular formula is C14H18N4OS. The average Bonchev–Trinajstić information content (AvgIpc) is 3.01. The van der Waals surface area contributed by atoms with Gasteiger partial charge in [0, 0.05) is 23.7 Å². The Morgan fingerprint density at radius 2 is 2.25 bits per heavy atom. The zero-order valence-corrected chi connectivity index (χ0v) is 12.0. The van der Waals surface area contributed by atoms with Crippen LogP contribution in [0.25, 0.3) is 0 Å². The van der Waals surface area contributed by atoms with Gasteiger partial charge in [0.05, 0.1) is 6.61 Å². The largest absolute Gasteiger partial charge is 0.385 e. The minimum atomic E-state index is 0.631. The van der Waals surface area contributed by atoms with Crippen molar-refractivity contribution in [1.82, 2.24) is 15.2 Å². The van der Waals surface area contributed by atoms with E-state index in [-0.39, 0.29) is 0 Å². The molecule has 0 spiro atoms. The number of ether oxygens (including phenoxy) is 1. The van der Waals surface area contributed by atoms with Gasteiger partial charge in [-0.05, 0) is 43.0 Å². The molecule has 0 bridgehead atoms. The van der Waals surface area contributed by atoms with Gasteiger partial charge >= 0.3 is 0 Å². The van der Waals surface area contributed by atoms with Crippen LogP contribution in [-0.2, 0) is 4.74 Å². The van der Waals surface area contributed by atoms with E-state index in [0.29, 0.717) is 5.92 Å². The Hall–Kier alpha value is -1.53. The second-order valence-corrected chi connectivity index (χ2v) is 5.94. The number of hydrogen-bond donors (Lipinski definition) is 2. The third kappa shape index (κ3) is 3.74. The van der Waals surface area contributed by atoms with Crippen LogP contribution in [0.15, 0.2) is 40.6 Å². The predicted molar refractivity (Wildman–Crippen MR) is 79.0 cm³/mol. The summed E-state index contributed by atoms with van der Waals surface area (Å²) >= 11 is 1.57. The maximum Gasteiger partial charge on any atom is 0.188 e. The van der Waals surface area contributed by atoms with E-state index in [0.717, 1.165) is 35.5 Å². The smallest absolute Gasteiger partial charge is 0.188 e. The lowest BCUT2D eigenvalue weighted by Crippen LogP contribution is -2.24. The lowest BCUT2D eigenvalue weighted by atomic mass is 10.0. The highest BCUT2D eigenvalue weighted by Gasteiger charge is 2.13. The molecule has 1 aromatic carbocycles. The van der Waals surface area contributed by atoms with E-state index in [1.54, 1.807) is 11.8 Å². The van der Waals surface area contributed by atoms with Gasteiger partial charge in [-0.25, -0.2) is 4.98 Å². The number of aromatic amines is 1. The zero-order chi connectivity index (χ0) is 13.6. The van der Waals surface area contributed by atoms with Crippen LogP contribution < -0.4 is 5.32 Å². The molecule has 0 radical (unpaired) electrons. The van der Waals surface area contributed by atoms with Crippen molar-refractivity contribution in [3.05, 3.63) is 30.6 Å². The van der Waals surface area contributed by atoms with E-state index in [1.807, 2.05) is 0 Å². The maximum atomic E-state index is 5.49. The van der Waals surface area contributed by atoms with Gasteiger partial charge in [-0.3, -0.25) is 5.10 Å². The summed E-state index contributed by atoms with van der Waals surface area (Å²) in [6.07, 6.45) is 3.95. The predicted octanol–water partition coefficient (Wildman–Crippen LogP) is 2.79. The molecule has 1 aromatic heterocycles. The first-order valence-corrected chi connectivity index (χ1v) is 7.67. The van der Waals surface area contributed by atoms with Gasteiger partial charge in [-0.15, -0.1) is 0 Å². The van der Waals surface area contributed by atoms with Crippen LogP contribution in [0.3, 0.4) is 0 Å². The van der Waals surface area contributed by atoms with Gasteiger partial charge in [0.25, 0.3) is 0 Å². The fourth-order valence-corrected chi connectivity index (χ4v) is 2.92. The Morgan fingerprint density at radius 1 is 1.35 bits per heavy atom. The highest BCUT2D eigenvalue weighted by molar-refractivity contribution is 7.99. The molecule has 2 N–H and O–H groups in total. The molecule has 0 aliphatic carbocycles. The van der Waals surface area contributed by atoms with E-state index in [9.17, 15) is 0 Å². The van der Waals surface area contributed by atoms with Gasteiger partial charge < -0.3 is 10.1 Å². The highest BCUT2D eigenvalue weighted by atomic mass is 32.2. The normalized spacial score (nSPS) is 18.9. The monoisotopic (exact) mass is 290 g/mol. The molecule has 1 aliphatic heterocycles. The van der Waals surface area contributed by atoms with E-state index in [2.05, 4.69) is 44.8 Å². The van der Waals surface area contributed by atoms with Crippen molar-refractivity contribution in [1.29, 1.82) is 0 Å². The Morgan fingerprint density at radius 3 is 2.95 bits per heavy atom. The SMILES string of the molecule is c1n[nH]c(Sc2ccc(NCC3CCCOC3)cc2)n1. The van der Waals surface area contributed by atoms with Crippen molar-refractivity contribution in [3.63, 3.8) is 0 Å². The summed E-state index contributed by atoms with van der Waals surface area (Å²) in [4.78, 5) is 5.24. The van der Waals surface area contributed by atoms with Gasteiger partial charge in [0.2, 0.25) is 0 Å². The summed E-state index contributed by atoms with van der Waals surface area (Å²) in [5.74, 6) is 0.631. The summed E-state index contributed by atoms with van der Waals surface area (Å²) in [6.45, 7) is 2.78. The third-order valence-corrected chi connectivity index (χ3v) is 4.21. The van der Waals surface area contributed by atoms with Crippen molar-refractivity contribution in [3.8, 4) is 0 Å². The fourth-order valence-electron chi connectivity index (χ4n) is 2.23. The first-order chi connectivity index (χ1) is 9.90. The summed E-state index contributed by atoms with van der Waals surface area (Å²) < 4.78 is 5.49. The number of anilines is 1. The Kier molecular flexibility index (Phi) is 4.55. The Balaban J connectivity index is 1.50. The molecule has 6 heteroatoms. The maximum absolute atomic E-state index is 5.49. The number of H-pyrrole nitrogens is 1. The molecule has 1 aliphatic rings. The van der Waals surface area contributed by atoms with E-state index >= 15 is 0 Å². The second kappa shape index (κ2) is 6.76. The van der Waals surface area contributed by atoms with Crippen LogP contribution in [0, 0.1) is 5.92 Å². The van der Waals surface area contributed by atoms with Gasteiger partial charge in [0.15, 0.2) is 5.16 Å². The molecule has 5 nitrogen and oxygen atoms in total. The Bertz CT molecular complexity index is 508. The summed E-state index contributed by atoms with van der Waals surface area (Å²) in [7, 11) is 0. The van der Waals surface area contributed by atoms with Crippen LogP contribution in [0.2, 0.25) is 0 Å². The van der Waals surface area contributed by atoms with Crippen molar-refractivity contribution in [2.75, 3.05) is 25.1 Å². The molecule has 1 atom stereocenters. The minimum absolute atomic E-state index is 0.631. The van der Waals surface area contributed by atoms with E-state index in [4.69, 9.17) is 4.74 Å². The zero-order valence-electron chi connectivity index (χ0n) is 11.2. The fraction of sp³-hybridized carbons (Fsp3) is 0.429. The van der Waals surface area contributed by atoms with Crippen molar-refractivity contribution >= 4 is 17.4 Å². The molecule has 2 heterocycles. The first-order valence-electron chi connectivity index (χ1n) is 6.85. The minimum Gasteiger partial charge on any atom is -0.385 e. The number of nitrogens with one attached hydrogen (secondary N) is 2. The summed E-state index contributed by atoms with van der Waals surface area (Å²) in [5, 5.41) is 11.0. The number of rotatable bonds is 5. The van der Waals surface area contributed by atoms with Crippen LogP contribution in [0.5, 0.6) is 0 Å². The molecule has 2 aromatic rings. The van der Waals surface area contributed by atoms with E-state index < -0.39 is 0 Å². The summed E-state index contributed by atoms with van der Waals surface area (Å²) in [6, 6.07) is 8.38. The third-order valence-electron chi connectivity index (χ3n) is 3.31. The molecule has 1 unspecified atom stereocenters.